The van der Waals surface area contributed by atoms with Gasteiger partial charge in [0.1, 0.15) is 11.2 Å². The predicted molar refractivity (Wildman–Crippen MR) is 89.7 cm³/mol. The number of halogens is 1. The first-order valence-corrected chi connectivity index (χ1v) is 7.31. The van der Waals surface area contributed by atoms with Crippen LogP contribution in [0.4, 0.5) is 0 Å². The standard InChI is InChI=1S/C18H17ClN2/c1-21(2)12-16-14-10-6-7-11-15(14)17(20-18(16)19)13-8-4-3-5-9-13/h3-12,17H,1-2H3. The molecule has 0 N–H and O–H groups in total. The van der Waals surface area contributed by atoms with Crippen molar-refractivity contribution in [2.75, 3.05) is 14.1 Å². The van der Waals surface area contributed by atoms with Crippen molar-refractivity contribution in [3.8, 4) is 0 Å². The van der Waals surface area contributed by atoms with Crippen molar-refractivity contribution in [2.24, 2.45) is 4.99 Å². The highest BCUT2D eigenvalue weighted by Crippen LogP contribution is 2.38. The third-order valence-corrected chi connectivity index (χ3v) is 3.81. The molecule has 1 aliphatic heterocycles. The van der Waals surface area contributed by atoms with Crippen LogP contribution in [0.1, 0.15) is 22.7 Å². The van der Waals surface area contributed by atoms with Crippen LogP contribution in [0.15, 0.2) is 65.8 Å². The van der Waals surface area contributed by atoms with Gasteiger partial charge in [-0.3, -0.25) is 4.99 Å². The van der Waals surface area contributed by atoms with Crippen molar-refractivity contribution >= 4 is 22.3 Å². The summed E-state index contributed by atoms with van der Waals surface area (Å²) in [6.07, 6.45) is 2.02. The van der Waals surface area contributed by atoms with Gasteiger partial charge in [0.15, 0.2) is 0 Å². The number of nitrogens with zero attached hydrogens (tertiary/aromatic N) is 2. The van der Waals surface area contributed by atoms with E-state index in [1.807, 2.05) is 49.5 Å². The summed E-state index contributed by atoms with van der Waals surface area (Å²) in [5.74, 6) is 0. The topological polar surface area (TPSA) is 15.6 Å². The molecule has 3 heteroatoms. The van der Waals surface area contributed by atoms with Crippen molar-refractivity contribution in [1.82, 2.24) is 4.90 Å². The van der Waals surface area contributed by atoms with E-state index in [1.165, 1.54) is 5.56 Å². The first-order valence-electron chi connectivity index (χ1n) is 6.93. The van der Waals surface area contributed by atoms with Crippen LogP contribution in [0.5, 0.6) is 0 Å². The zero-order valence-electron chi connectivity index (χ0n) is 12.1. The molecule has 1 heterocycles. The molecule has 0 saturated carbocycles. The molecule has 2 aromatic rings. The van der Waals surface area contributed by atoms with E-state index in [1.54, 1.807) is 0 Å². The van der Waals surface area contributed by atoms with Gasteiger partial charge in [-0.25, -0.2) is 0 Å². The lowest BCUT2D eigenvalue weighted by Crippen LogP contribution is -2.14. The molecular weight excluding hydrogens is 280 g/mol. The molecular formula is C18H17ClN2. The summed E-state index contributed by atoms with van der Waals surface area (Å²) in [6, 6.07) is 18.6. The van der Waals surface area contributed by atoms with E-state index in [-0.39, 0.29) is 6.04 Å². The second kappa shape index (κ2) is 5.74. The Morgan fingerprint density at radius 3 is 2.38 bits per heavy atom. The number of hydrogen-bond donors (Lipinski definition) is 0. The van der Waals surface area contributed by atoms with E-state index >= 15 is 0 Å². The predicted octanol–water partition coefficient (Wildman–Crippen LogP) is 4.33. The maximum Gasteiger partial charge on any atom is 0.133 e. The molecule has 3 rings (SSSR count). The maximum atomic E-state index is 6.45. The fourth-order valence-corrected chi connectivity index (χ4v) is 2.86. The largest absolute Gasteiger partial charge is 0.383 e. The lowest BCUT2D eigenvalue weighted by Gasteiger charge is -2.25. The van der Waals surface area contributed by atoms with Crippen LogP contribution >= 0.6 is 11.6 Å². The smallest absolute Gasteiger partial charge is 0.133 e. The SMILES string of the molecule is CN(C)C=C1C(Cl)=NC(c2ccccc2)c2ccccc21. The van der Waals surface area contributed by atoms with Crippen LogP contribution in [0.3, 0.4) is 0 Å². The Morgan fingerprint density at radius 2 is 1.67 bits per heavy atom. The molecule has 0 amide bonds. The molecule has 0 spiro atoms. The molecule has 1 atom stereocenters. The molecule has 21 heavy (non-hydrogen) atoms. The molecule has 2 aromatic carbocycles. The van der Waals surface area contributed by atoms with Crippen LogP contribution in [0.25, 0.3) is 5.57 Å². The zero-order chi connectivity index (χ0) is 14.8. The van der Waals surface area contributed by atoms with Crippen molar-refractivity contribution in [3.05, 3.63) is 77.5 Å². The van der Waals surface area contributed by atoms with Gasteiger partial charge in [-0.15, -0.1) is 0 Å². The number of hydrogen-bond acceptors (Lipinski definition) is 2. The van der Waals surface area contributed by atoms with Gasteiger partial charge in [0.05, 0.1) is 0 Å². The monoisotopic (exact) mass is 296 g/mol. The van der Waals surface area contributed by atoms with Crippen LogP contribution in [-0.2, 0) is 0 Å². The van der Waals surface area contributed by atoms with Gasteiger partial charge in [-0.05, 0) is 16.7 Å². The van der Waals surface area contributed by atoms with E-state index in [9.17, 15) is 0 Å². The number of aliphatic imine (C=N–C) groups is 1. The number of benzene rings is 2. The Kier molecular flexibility index (Phi) is 3.80. The van der Waals surface area contributed by atoms with Crippen molar-refractivity contribution in [3.63, 3.8) is 0 Å². The first-order chi connectivity index (χ1) is 10.2. The Hall–Kier alpha value is -2.06. The molecule has 1 aliphatic rings. The lowest BCUT2D eigenvalue weighted by molar-refractivity contribution is 0.566. The van der Waals surface area contributed by atoms with Gasteiger partial charge >= 0.3 is 0 Å². The Morgan fingerprint density at radius 1 is 1.00 bits per heavy atom. The summed E-state index contributed by atoms with van der Waals surface area (Å²) in [7, 11) is 3.98. The third kappa shape index (κ3) is 2.72. The molecule has 2 nitrogen and oxygen atoms in total. The summed E-state index contributed by atoms with van der Waals surface area (Å²) in [5, 5.41) is 0.566. The highest BCUT2D eigenvalue weighted by molar-refractivity contribution is 6.76. The van der Waals surface area contributed by atoms with Crippen LogP contribution in [-0.4, -0.2) is 24.2 Å². The average molecular weight is 297 g/mol. The van der Waals surface area contributed by atoms with Gasteiger partial charge < -0.3 is 4.90 Å². The van der Waals surface area contributed by atoms with Gasteiger partial charge in [0.25, 0.3) is 0 Å². The van der Waals surface area contributed by atoms with Crippen LogP contribution in [0.2, 0.25) is 0 Å². The number of allylic oxidation sites excluding steroid dienone is 1. The number of fused-ring (bicyclic) bond motifs is 1. The molecule has 0 aromatic heterocycles. The summed E-state index contributed by atoms with van der Waals surface area (Å²) < 4.78 is 0. The van der Waals surface area contributed by atoms with Crippen LogP contribution < -0.4 is 0 Å². The summed E-state index contributed by atoms with van der Waals surface area (Å²) in [5.41, 5.74) is 4.48. The average Bonchev–Trinajstić information content (AvgIpc) is 2.50. The van der Waals surface area contributed by atoms with E-state index < -0.39 is 0 Å². The third-order valence-electron chi connectivity index (χ3n) is 3.51. The fraction of sp³-hybridized carbons (Fsp3) is 0.167. The van der Waals surface area contributed by atoms with Crippen molar-refractivity contribution in [2.45, 2.75) is 6.04 Å². The van der Waals surface area contributed by atoms with E-state index in [2.05, 4.69) is 30.3 Å². The Labute approximate surface area is 130 Å². The summed E-state index contributed by atoms with van der Waals surface area (Å²) in [4.78, 5) is 6.71. The van der Waals surface area contributed by atoms with Gasteiger partial charge in [0.2, 0.25) is 0 Å². The van der Waals surface area contributed by atoms with Gasteiger partial charge in [-0.2, -0.15) is 0 Å². The van der Waals surface area contributed by atoms with Crippen molar-refractivity contribution in [1.29, 1.82) is 0 Å². The Bertz CT molecular complexity index is 702. The zero-order valence-corrected chi connectivity index (χ0v) is 12.9. The molecule has 106 valence electrons. The highest BCUT2D eigenvalue weighted by atomic mass is 35.5. The van der Waals surface area contributed by atoms with Crippen LogP contribution in [0, 0.1) is 0 Å². The quantitative estimate of drug-likeness (QED) is 0.805. The second-order valence-electron chi connectivity index (χ2n) is 5.33. The Balaban J connectivity index is 2.17. The minimum absolute atomic E-state index is 0.0331. The fourth-order valence-electron chi connectivity index (χ4n) is 2.61. The molecule has 0 saturated heterocycles. The normalized spacial score (nSPS) is 19.1. The first kappa shape index (κ1) is 13.9. The van der Waals surface area contributed by atoms with E-state index in [4.69, 9.17) is 16.6 Å². The molecule has 0 aliphatic carbocycles. The minimum Gasteiger partial charge on any atom is -0.383 e. The maximum absolute atomic E-state index is 6.45. The number of rotatable bonds is 2. The van der Waals surface area contributed by atoms with E-state index in [0.29, 0.717) is 5.17 Å². The molecule has 0 radical (unpaired) electrons. The molecule has 0 bridgehead atoms. The van der Waals surface area contributed by atoms with Gasteiger partial charge in [0, 0.05) is 25.9 Å². The summed E-state index contributed by atoms with van der Waals surface area (Å²) in [6.45, 7) is 0. The van der Waals surface area contributed by atoms with E-state index in [0.717, 1.165) is 16.7 Å². The molecule has 1 unspecified atom stereocenters. The summed E-state index contributed by atoms with van der Waals surface area (Å²) >= 11 is 6.45. The highest BCUT2D eigenvalue weighted by Gasteiger charge is 2.25. The second-order valence-corrected chi connectivity index (χ2v) is 5.68. The lowest BCUT2D eigenvalue weighted by atomic mass is 9.89. The van der Waals surface area contributed by atoms with Crippen molar-refractivity contribution < 1.29 is 0 Å². The van der Waals surface area contributed by atoms with Gasteiger partial charge in [-0.1, -0.05) is 66.2 Å². The molecule has 0 fully saturated rings. The minimum atomic E-state index is -0.0331.